The second-order valence-corrected chi connectivity index (χ2v) is 13.4. The summed E-state index contributed by atoms with van der Waals surface area (Å²) in [5.41, 5.74) is 13.8. The average molecular weight is 691 g/mol. The van der Waals surface area contributed by atoms with Gasteiger partial charge in [0.2, 0.25) is 0 Å². The van der Waals surface area contributed by atoms with E-state index in [1.54, 1.807) is 0 Å². The van der Waals surface area contributed by atoms with Gasteiger partial charge >= 0.3 is 0 Å². The Morgan fingerprint density at radius 2 is 0.593 bits per heavy atom. The van der Waals surface area contributed by atoms with Gasteiger partial charge in [-0.1, -0.05) is 164 Å². The lowest BCUT2D eigenvalue weighted by Crippen LogP contribution is -2.10. The van der Waals surface area contributed by atoms with Gasteiger partial charge in [-0.15, -0.1) is 0 Å². The highest BCUT2D eigenvalue weighted by molar-refractivity contribution is 5.99. The highest BCUT2D eigenvalue weighted by atomic mass is 15.1. The smallest absolute Gasteiger partial charge is 0.0540 e. The summed E-state index contributed by atoms with van der Waals surface area (Å²) in [4.78, 5) is 4.70. The van der Waals surface area contributed by atoms with E-state index < -0.39 is 0 Å². The van der Waals surface area contributed by atoms with Crippen molar-refractivity contribution in [2.24, 2.45) is 0 Å². The molecule has 9 aromatic carbocycles. The average Bonchev–Trinajstić information content (AvgIpc) is 3.26. The minimum Gasteiger partial charge on any atom is -0.311 e. The molecule has 0 N–H and O–H groups in total. The molecule has 0 aliphatic carbocycles. The molecule has 0 radical (unpaired) electrons. The molecule has 0 heterocycles. The summed E-state index contributed by atoms with van der Waals surface area (Å²) in [5.74, 6) is 0. The molecule has 0 saturated heterocycles. The SMILES string of the molecule is c1ccc(-c2ccc(N(c3ccccc3)c3ccc(-c4cccc(N(c5ccc(-c6ccccc6)cc5)c5cccc6ccccc56)c4)cc3)cc2)cc1. The van der Waals surface area contributed by atoms with Gasteiger partial charge in [0.15, 0.2) is 0 Å². The molecular formula is C52H38N2. The van der Waals surface area contributed by atoms with Crippen molar-refractivity contribution in [2.45, 2.75) is 0 Å². The Bertz CT molecular complexity index is 2610. The van der Waals surface area contributed by atoms with Crippen LogP contribution in [0.25, 0.3) is 44.2 Å². The van der Waals surface area contributed by atoms with E-state index in [0.29, 0.717) is 0 Å². The van der Waals surface area contributed by atoms with Crippen LogP contribution in [0.5, 0.6) is 0 Å². The third-order valence-electron chi connectivity index (χ3n) is 10.1. The summed E-state index contributed by atoms with van der Waals surface area (Å²) in [6.07, 6.45) is 0. The van der Waals surface area contributed by atoms with Gasteiger partial charge in [0.25, 0.3) is 0 Å². The second-order valence-electron chi connectivity index (χ2n) is 13.4. The second kappa shape index (κ2) is 14.8. The summed E-state index contributed by atoms with van der Waals surface area (Å²) < 4.78 is 0. The van der Waals surface area contributed by atoms with Crippen LogP contribution in [0.2, 0.25) is 0 Å². The Kier molecular flexibility index (Phi) is 8.99. The molecule has 9 rings (SSSR count). The van der Waals surface area contributed by atoms with Crippen molar-refractivity contribution < 1.29 is 0 Å². The van der Waals surface area contributed by atoms with Crippen molar-refractivity contribution >= 4 is 44.9 Å². The van der Waals surface area contributed by atoms with E-state index in [4.69, 9.17) is 0 Å². The van der Waals surface area contributed by atoms with Crippen LogP contribution in [-0.4, -0.2) is 0 Å². The van der Waals surface area contributed by atoms with E-state index in [1.807, 2.05) is 0 Å². The summed E-state index contributed by atoms with van der Waals surface area (Å²) >= 11 is 0. The van der Waals surface area contributed by atoms with Crippen molar-refractivity contribution in [1.29, 1.82) is 0 Å². The van der Waals surface area contributed by atoms with Crippen molar-refractivity contribution in [1.82, 2.24) is 0 Å². The fraction of sp³-hybridized carbons (Fsp3) is 0. The molecule has 9 aromatic rings. The van der Waals surface area contributed by atoms with E-state index in [-0.39, 0.29) is 0 Å². The van der Waals surface area contributed by atoms with Gasteiger partial charge in [-0.3, -0.25) is 0 Å². The number of nitrogens with zero attached hydrogens (tertiary/aromatic N) is 2. The predicted molar refractivity (Wildman–Crippen MR) is 230 cm³/mol. The first-order valence-corrected chi connectivity index (χ1v) is 18.4. The lowest BCUT2D eigenvalue weighted by molar-refractivity contribution is 1.28. The molecular weight excluding hydrogens is 653 g/mol. The monoisotopic (exact) mass is 690 g/mol. The molecule has 2 nitrogen and oxygen atoms in total. The van der Waals surface area contributed by atoms with Crippen molar-refractivity contribution in [3.63, 3.8) is 0 Å². The lowest BCUT2D eigenvalue weighted by Gasteiger charge is -2.28. The van der Waals surface area contributed by atoms with Gasteiger partial charge in [0.1, 0.15) is 0 Å². The molecule has 0 saturated carbocycles. The maximum atomic E-state index is 2.38. The summed E-state index contributed by atoms with van der Waals surface area (Å²) in [6, 6.07) is 82.4. The van der Waals surface area contributed by atoms with E-state index in [0.717, 1.165) is 45.3 Å². The van der Waals surface area contributed by atoms with Crippen LogP contribution >= 0.6 is 0 Å². The number of rotatable bonds is 9. The van der Waals surface area contributed by atoms with Crippen LogP contribution in [0.15, 0.2) is 231 Å². The molecule has 0 bridgehead atoms. The maximum Gasteiger partial charge on any atom is 0.0540 e. The first-order chi connectivity index (χ1) is 26.8. The van der Waals surface area contributed by atoms with Gasteiger partial charge in [-0.05, 0) is 105 Å². The highest BCUT2D eigenvalue weighted by Crippen LogP contribution is 2.42. The fourth-order valence-corrected chi connectivity index (χ4v) is 7.35. The van der Waals surface area contributed by atoms with Gasteiger partial charge in [0, 0.05) is 33.8 Å². The topological polar surface area (TPSA) is 6.48 Å². The minimum absolute atomic E-state index is 1.10. The molecule has 0 unspecified atom stereocenters. The van der Waals surface area contributed by atoms with Crippen LogP contribution in [0, 0.1) is 0 Å². The maximum absolute atomic E-state index is 2.38. The number of fused-ring (bicyclic) bond motifs is 1. The van der Waals surface area contributed by atoms with Crippen molar-refractivity contribution in [2.75, 3.05) is 9.80 Å². The minimum atomic E-state index is 1.10. The molecule has 0 amide bonds. The van der Waals surface area contributed by atoms with Gasteiger partial charge in [-0.25, -0.2) is 0 Å². The Labute approximate surface area is 317 Å². The van der Waals surface area contributed by atoms with Gasteiger partial charge < -0.3 is 9.80 Å². The first kappa shape index (κ1) is 32.7. The molecule has 2 heteroatoms. The van der Waals surface area contributed by atoms with Gasteiger partial charge in [-0.2, -0.15) is 0 Å². The Balaban J connectivity index is 1.08. The highest BCUT2D eigenvalue weighted by Gasteiger charge is 2.17. The van der Waals surface area contributed by atoms with Crippen LogP contribution in [0.4, 0.5) is 34.1 Å². The number of benzene rings is 9. The van der Waals surface area contributed by atoms with Crippen LogP contribution in [0.3, 0.4) is 0 Å². The number of para-hydroxylation sites is 1. The van der Waals surface area contributed by atoms with Crippen molar-refractivity contribution in [3.8, 4) is 33.4 Å². The third-order valence-corrected chi connectivity index (χ3v) is 10.1. The molecule has 0 aromatic heterocycles. The summed E-state index contributed by atoms with van der Waals surface area (Å²) in [7, 11) is 0. The Morgan fingerprint density at radius 1 is 0.222 bits per heavy atom. The van der Waals surface area contributed by atoms with Crippen LogP contribution < -0.4 is 9.80 Å². The quantitative estimate of drug-likeness (QED) is 0.149. The third kappa shape index (κ3) is 6.65. The van der Waals surface area contributed by atoms with E-state index >= 15 is 0 Å². The van der Waals surface area contributed by atoms with Crippen molar-refractivity contribution in [3.05, 3.63) is 231 Å². The number of hydrogen-bond donors (Lipinski definition) is 0. The molecule has 0 atom stereocenters. The molecule has 0 aliphatic heterocycles. The molecule has 256 valence electrons. The van der Waals surface area contributed by atoms with E-state index in [1.165, 1.54) is 33.0 Å². The number of anilines is 6. The molecule has 54 heavy (non-hydrogen) atoms. The first-order valence-electron chi connectivity index (χ1n) is 18.4. The van der Waals surface area contributed by atoms with E-state index in [2.05, 4.69) is 240 Å². The molecule has 0 spiro atoms. The van der Waals surface area contributed by atoms with Crippen LogP contribution in [-0.2, 0) is 0 Å². The summed E-state index contributed by atoms with van der Waals surface area (Å²) in [5, 5.41) is 2.42. The van der Waals surface area contributed by atoms with E-state index in [9.17, 15) is 0 Å². The Hall–Kier alpha value is -7.16. The molecule has 0 aliphatic rings. The Morgan fingerprint density at radius 3 is 1.17 bits per heavy atom. The predicted octanol–water partition coefficient (Wildman–Crippen LogP) is 14.8. The zero-order chi connectivity index (χ0) is 36.1. The summed E-state index contributed by atoms with van der Waals surface area (Å²) in [6.45, 7) is 0. The fourth-order valence-electron chi connectivity index (χ4n) is 7.35. The molecule has 0 fully saturated rings. The number of hydrogen-bond acceptors (Lipinski definition) is 2. The largest absolute Gasteiger partial charge is 0.311 e. The normalized spacial score (nSPS) is 11.0. The van der Waals surface area contributed by atoms with Crippen LogP contribution in [0.1, 0.15) is 0 Å². The zero-order valence-corrected chi connectivity index (χ0v) is 29.8. The van der Waals surface area contributed by atoms with Gasteiger partial charge in [0.05, 0.1) is 5.69 Å². The lowest BCUT2D eigenvalue weighted by atomic mass is 10.0. The standard InChI is InChI=1S/C52H38N2/c1-4-14-39(15-5-1)41-26-32-47(33-27-41)53(46-21-8-3-9-22-46)48-34-30-43(31-35-48)45-20-12-23-50(38-45)54(52-25-13-19-44-18-10-11-24-51(44)52)49-36-28-42(29-37-49)40-16-6-2-7-17-40/h1-38H. The zero-order valence-electron chi connectivity index (χ0n) is 29.8.